The number of hydrogen-bond donors (Lipinski definition) is 2. The number of pyridine rings is 1. The monoisotopic (exact) mass is 299 g/mol. The molecule has 1 aromatic heterocycles. The fourth-order valence-corrected chi connectivity index (χ4v) is 2.00. The standard InChI is InChI=1S/C11H14BrN3O2/c12-8-5-15(6-9(13)11(8)17)4-3-10(16)14-7-1-2-7/h5-7H,1-4,13H2,(H,14,16). The van der Waals surface area contributed by atoms with Gasteiger partial charge in [-0.25, -0.2) is 0 Å². The molecule has 6 heteroatoms. The molecule has 1 heterocycles. The van der Waals surface area contributed by atoms with Crippen LogP contribution in [-0.2, 0) is 11.3 Å². The summed E-state index contributed by atoms with van der Waals surface area (Å²) in [5.41, 5.74) is 5.52. The van der Waals surface area contributed by atoms with Crippen molar-refractivity contribution in [3.8, 4) is 0 Å². The predicted molar refractivity (Wildman–Crippen MR) is 68.6 cm³/mol. The summed E-state index contributed by atoms with van der Waals surface area (Å²) in [6.07, 6.45) is 5.76. The van der Waals surface area contributed by atoms with Crippen LogP contribution >= 0.6 is 15.9 Å². The Bertz CT molecular complexity index is 468. The van der Waals surface area contributed by atoms with Crippen molar-refractivity contribution in [3.05, 3.63) is 27.1 Å². The zero-order valence-electron chi connectivity index (χ0n) is 9.28. The minimum Gasteiger partial charge on any atom is -0.394 e. The molecule has 1 aliphatic rings. The van der Waals surface area contributed by atoms with Crippen molar-refractivity contribution in [1.82, 2.24) is 9.88 Å². The van der Waals surface area contributed by atoms with E-state index in [2.05, 4.69) is 21.2 Å². The normalized spacial score (nSPS) is 14.6. The Balaban J connectivity index is 1.94. The lowest BCUT2D eigenvalue weighted by Gasteiger charge is -2.08. The maximum absolute atomic E-state index is 11.5. The minimum absolute atomic E-state index is 0.0425. The molecule has 2 rings (SSSR count). The first kappa shape index (κ1) is 12.2. The third-order valence-electron chi connectivity index (χ3n) is 2.60. The number of aromatic nitrogens is 1. The molecule has 1 amide bonds. The highest BCUT2D eigenvalue weighted by molar-refractivity contribution is 9.10. The SMILES string of the molecule is Nc1cn(CCC(=O)NC2CC2)cc(Br)c1=O. The molecule has 0 radical (unpaired) electrons. The van der Waals surface area contributed by atoms with Crippen molar-refractivity contribution >= 4 is 27.5 Å². The van der Waals surface area contributed by atoms with Gasteiger partial charge >= 0.3 is 0 Å². The molecule has 1 aromatic rings. The van der Waals surface area contributed by atoms with Crippen molar-refractivity contribution in [3.63, 3.8) is 0 Å². The molecule has 0 saturated heterocycles. The number of halogens is 1. The zero-order chi connectivity index (χ0) is 12.4. The number of hydrogen-bond acceptors (Lipinski definition) is 3. The molecule has 5 nitrogen and oxygen atoms in total. The van der Waals surface area contributed by atoms with E-state index >= 15 is 0 Å². The summed E-state index contributed by atoms with van der Waals surface area (Å²) in [7, 11) is 0. The Hall–Kier alpha value is -1.30. The van der Waals surface area contributed by atoms with Crippen LogP contribution in [0, 0.1) is 0 Å². The zero-order valence-corrected chi connectivity index (χ0v) is 10.9. The first-order valence-corrected chi connectivity index (χ1v) is 6.30. The highest BCUT2D eigenvalue weighted by Gasteiger charge is 2.22. The minimum atomic E-state index is -0.219. The van der Waals surface area contributed by atoms with E-state index in [0.29, 0.717) is 23.5 Å². The van der Waals surface area contributed by atoms with Crippen LogP contribution in [0.25, 0.3) is 0 Å². The van der Waals surface area contributed by atoms with E-state index < -0.39 is 0 Å². The summed E-state index contributed by atoms with van der Waals surface area (Å²) in [5, 5.41) is 2.91. The van der Waals surface area contributed by atoms with Crippen molar-refractivity contribution in [2.45, 2.75) is 31.8 Å². The topological polar surface area (TPSA) is 77.1 Å². The highest BCUT2D eigenvalue weighted by atomic mass is 79.9. The van der Waals surface area contributed by atoms with Crippen LogP contribution in [0.15, 0.2) is 21.7 Å². The molecule has 1 fully saturated rings. The molecule has 0 unspecified atom stereocenters. The molecule has 0 bridgehead atoms. The van der Waals surface area contributed by atoms with Crippen LogP contribution in [-0.4, -0.2) is 16.5 Å². The summed E-state index contributed by atoms with van der Waals surface area (Å²) in [6, 6.07) is 0.383. The summed E-state index contributed by atoms with van der Waals surface area (Å²) < 4.78 is 2.16. The number of anilines is 1. The predicted octanol–water partition coefficient (Wildman–Crippen LogP) is 0.862. The molecule has 0 atom stereocenters. The number of carbonyl (C=O) groups excluding carboxylic acids is 1. The summed E-state index contributed by atoms with van der Waals surface area (Å²) >= 11 is 3.14. The first-order valence-electron chi connectivity index (χ1n) is 5.50. The molecule has 3 N–H and O–H groups in total. The third kappa shape index (κ3) is 3.33. The van der Waals surface area contributed by atoms with Crippen LogP contribution in [0.5, 0.6) is 0 Å². The lowest BCUT2D eigenvalue weighted by Crippen LogP contribution is -2.26. The van der Waals surface area contributed by atoms with Crippen molar-refractivity contribution in [2.75, 3.05) is 5.73 Å². The molecule has 0 aromatic carbocycles. The Kier molecular flexibility index (Phi) is 3.51. The van der Waals surface area contributed by atoms with E-state index in [0.717, 1.165) is 12.8 Å². The fraction of sp³-hybridized carbons (Fsp3) is 0.455. The van der Waals surface area contributed by atoms with Gasteiger partial charge in [0.25, 0.3) is 0 Å². The van der Waals surface area contributed by atoms with Gasteiger partial charge in [-0.15, -0.1) is 0 Å². The average molecular weight is 300 g/mol. The number of nitrogens with zero attached hydrogens (tertiary/aromatic N) is 1. The Morgan fingerprint density at radius 1 is 1.53 bits per heavy atom. The molecular formula is C11H14BrN3O2. The molecule has 92 valence electrons. The second kappa shape index (κ2) is 4.91. The second-order valence-corrected chi connectivity index (χ2v) is 5.07. The molecule has 17 heavy (non-hydrogen) atoms. The van der Waals surface area contributed by atoms with Gasteiger partial charge in [0.05, 0.1) is 10.2 Å². The number of nitrogens with two attached hydrogens (primary N) is 1. The van der Waals surface area contributed by atoms with Crippen LogP contribution in [0.4, 0.5) is 5.69 Å². The summed E-state index contributed by atoms with van der Waals surface area (Å²) in [5.74, 6) is 0.0425. The second-order valence-electron chi connectivity index (χ2n) is 4.22. The van der Waals surface area contributed by atoms with Gasteiger partial charge in [0.1, 0.15) is 0 Å². The van der Waals surface area contributed by atoms with Crippen LogP contribution in [0.3, 0.4) is 0 Å². The van der Waals surface area contributed by atoms with Gasteiger partial charge < -0.3 is 15.6 Å². The van der Waals surface area contributed by atoms with E-state index in [9.17, 15) is 9.59 Å². The van der Waals surface area contributed by atoms with Crippen molar-refractivity contribution < 1.29 is 4.79 Å². The first-order chi connectivity index (χ1) is 8.06. The maximum atomic E-state index is 11.5. The van der Waals surface area contributed by atoms with E-state index in [1.54, 1.807) is 17.0 Å². The van der Waals surface area contributed by atoms with Crippen LogP contribution in [0.1, 0.15) is 19.3 Å². The van der Waals surface area contributed by atoms with E-state index in [1.807, 2.05) is 0 Å². The number of aryl methyl sites for hydroxylation is 1. The van der Waals surface area contributed by atoms with Gasteiger partial charge in [0, 0.05) is 31.4 Å². The van der Waals surface area contributed by atoms with Gasteiger partial charge in [0.2, 0.25) is 11.3 Å². The average Bonchev–Trinajstić information content (AvgIpc) is 3.06. The Morgan fingerprint density at radius 3 is 2.82 bits per heavy atom. The number of rotatable bonds is 4. The third-order valence-corrected chi connectivity index (χ3v) is 3.17. The van der Waals surface area contributed by atoms with E-state index in [4.69, 9.17) is 5.73 Å². The number of nitrogens with one attached hydrogen (secondary N) is 1. The van der Waals surface area contributed by atoms with Crippen LogP contribution < -0.4 is 16.5 Å². The Morgan fingerprint density at radius 2 is 2.24 bits per heavy atom. The van der Waals surface area contributed by atoms with Gasteiger partial charge in [-0.2, -0.15) is 0 Å². The van der Waals surface area contributed by atoms with E-state index in [1.165, 1.54) is 0 Å². The maximum Gasteiger partial charge on any atom is 0.222 e. The lowest BCUT2D eigenvalue weighted by atomic mass is 10.3. The van der Waals surface area contributed by atoms with Gasteiger partial charge in [-0.3, -0.25) is 9.59 Å². The number of carbonyl (C=O) groups is 1. The van der Waals surface area contributed by atoms with Gasteiger partial charge in [0.15, 0.2) is 0 Å². The lowest BCUT2D eigenvalue weighted by molar-refractivity contribution is -0.121. The summed E-state index contributed by atoms with van der Waals surface area (Å²) in [6.45, 7) is 0.516. The molecular weight excluding hydrogens is 286 g/mol. The van der Waals surface area contributed by atoms with Crippen molar-refractivity contribution in [2.24, 2.45) is 0 Å². The van der Waals surface area contributed by atoms with E-state index in [-0.39, 0.29) is 17.0 Å². The molecule has 0 spiro atoms. The van der Waals surface area contributed by atoms with Gasteiger partial charge in [-0.05, 0) is 28.8 Å². The molecule has 0 aliphatic heterocycles. The smallest absolute Gasteiger partial charge is 0.222 e. The quantitative estimate of drug-likeness (QED) is 0.866. The fourth-order valence-electron chi connectivity index (χ4n) is 1.50. The van der Waals surface area contributed by atoms with Gasteiger partial charge in [-0.1, -0.05) is 0 Å². The molecule has 1 aliphatic carbocycles. The van der Waals surface area contributed by atoms with Crippen LogP contribution in [0.2, 0.25) is 0 Å². The van der Waals surface area contributed by atoms with Crippen molar-refractivity contribution in [1.29, 1.82) is 0 Å². The Labute approximate surface area is 107 Å². The molecule has 1 saturated carbocycles. The summed E-state index contributed by atoms with van der Waals surface area (Å²) in [4.78, 5) is 22.8. The number of nitrogen functional groups attached to an aromatic ring is 1. The largest absolute Gasteiger partial charge is 0.394 e. The highest BCUT2D eigenvalue weighted by Crippen LogP contribution is 2.18. The number of amides is 1.